The predicted molar refractivity (Wildman–Crippen MR) is 111 cm³/mol. The van der Waals surface area contributed by atoms with Gasteiger partial charge in [0.25, 0.3) is 0 Å². The summed E-state index contributed by atoms with van der Waals surface area (Å²) in [6, 6.07) is 20.2. The van der Waals surface area contributed by atoms with Gasteiger partial charge in [-0.25, -0.2) is 13.1 Å². The van der Waals surface area contributed by atoms with E-state index in [0.29, 0.717) is 23.8 Å². The Labute approximate surface area is 170 Å². The Kier molecular flexibility index (Phi) is 7.03. The molecule has 0 spiro atoms. The van der Waals surface area contributed by atoms with Gasteiger partial charge in [-0.15, -0.1) is 0 Å². The molecule has 0 bridgehead atoms. The average Bonchev–Trinajstić information content (AvgIpc) is 2.72. The summed E-state index contributed by atoms with van der Waals surface area (Å²) in [5.41, 5.74) is 2.59. The van der Waals surface area contributed by atoms with E-state index in [-0.39, 0.29) is 12.3 Å². The Morgan fingerprint density at radius 2 is 1.79 bits per heavy atom. The molecule has 28 heavy (non-hydrogen) atoms. The van der Waals surface area contributed by atoms with Crippen LogP contribution in [0.15, 0.2) is 72.9 Å². The van der Waals surface area contributed by atoms with Crippen molar-refractivity contribution < 1.29 is 13.2 Å². The fourth-order valence-corrected chi connectivity index (χ4v) is 3.72. The first kappa shape index (κ1) is 20.3. The quantitative estimate of drug-likeness (QED) is 0.573. The van der Waals surface area contributed by atoms with E-state index in [1.165, 1.54) is 0 Å². The van der Waals surface area contributed by atoms with Crippen molar-refractivity contribution in [3.63, 3.8) is 0 Å². The molecule has 1 N–H and O–H groups in total. The summed E-state index contributed by atoms with van der Waals surface area (Å²) >= 11 is 5.84. The summed E-state index contributed by atoms with van der Waals surface area (Å²) in [7, 11) is -3.39. The van der Waals surface area contributed by atoms with Crippen LogP contribution in [0.1, 0.15) is 16.8 Å². The molecule has 3 rings (SSSR count). The molecule has 0 unspecified atom stereocenters. The first-order valence-corrected chi connectivity index (χ1v) is 10.9. The third-order valence-electron chi connectivity index (χ3n) is 4.08. The summed E-state index contributed by atoms with van der Waals surface area (Å²) in [4.78, 5) is 4.21. The van der Waals surface area contributed by atoms with Gasteiger partial charge in [0.2, 0.25) is 10.0 Å². The van der Waals surface area contributed by atoms with Crippen LogP contribution in [0.4, 0.5) is 0 Å². The highest BCUT2D eigenvalue weighted by atomic mass is 35.5. The molecule has 7 heteroatoms. The van der Waals surface area contributed by atoms with Crippen LogP contribution in [0.25, 0.3) is 0 Å². The minimum absolute atomic E-state index is 0.0184. The summed E-state index contributed by atoms with van der Waals surface area (Å²) < 4.78 is 32.9. The molecule has 0 atom stereocenters. The van der Waals surface area contributed by atoms with Gasteiger partial charge >= 0.3 is 0 Å². The first-order chi connectivity index (χ1) is 13.5. The number of halogens is 1. The maximum absolute atomic E-state index is 12.3. The molecular weight excluding hydrogens is 396 g/mol. The Morgan fingerprint density at radius 3 is 2.54 bits per heavy atom. The summed E-state index contributed by atoms with van der Waals surface area (Å²) in [5, 5.41) is 0.634. The molecule has 0 radical (unpaired) electrons. The molecule has 3 aromatic rings. The van der Waals surface area contributed by atoms with Gasteiger partial charge in [-0.3, -0.25) is 4.98 Å². The number of aryl methyl sites for hydroxylation is 1. The molecule has 0 fully saturated rings. The van der Waals surface area contributed by atoms with Gasteiger partial charge in [0, 0.05) is 17.8 Å². The molecule has 1 aromatic heterocycles. The van der Waals surface area contributed by atoms with Crippen molar-refractivity contribution in [2.75, 3.05) is 5.75 Å². The molecule has 0 aliphatic rings. The standard InChI is InChI=1S/C21H21ClN2O3S/c22-19-9-7-17(8-10-19)11-13-28(25,26)24-15-18-4-3-6-21(14-18)27-16-20-5-1-2-12-23-20/h1-10,12,14,24H,11,13,15-16H2. The number of nitrogens with zero attached hydrogens (tertiary/aromatic N) is 1. The van der Waals surface area contributed by atoms with Crippen LogP contribution in [0.3, 0.4) is 0 Å². The average molecular weight is 417 g/mol. The van der Waals surface area contributed by atoms with Gasteiger partial charge in [-0.05, 0) is 53.9 Å². The number of ether oxygens (including phenoxy) is 1. The zero-order valence-corrected chi connectivity index (χ0v) is 16.8. The van der Waals surface area contributed by atoms with Gasteiger partial charge < -0.3 is 4.74 Å². The van der Waals surface area contributed by atoms with Crippen LogP contribution < -0.4 is 9.46 Å². The highest BCUT2D eigenvalue weighted by Crippen LogP contribution is 2.15. The molecule has 0 aliphatic carbocycles. The van der Waals surface area contributed by atoms with Crippen LogP contribution >= 0.6 is 11.6 Å². The monoisotopic (exact) mass is 416 g/mol. The smallest absolute Gasteiger partial charge is 0.212 e. The number of nitrogens with one attached hydrogen (secondary N) is 1. The SMILES string of the molecule is O=S(=O)(CCc1ccc(Cl)cc1)NCc1cccc(OCc2ccccn2)c1. The number of aromatic nitrogens is 1. The van der Waals surface area contributed by atoms with Crippen molar-refractivity contribution in [2.24, 2.45) is 0 Å². The summed E-state index contributed by atoms with van der Waals surface area (Å²) in [5.74, 6) is 0.688. The largest absolute Gasteiger partial charge is 0.487 e. The number of benzene rings is 2. The van der Waals surface area contributed by atoms with E-state index in [1.807, 2.05) is 54.6 Å². The second-order valence-electron chi connectivity index (χ2n) is 6.27. The second-order valence-corrected chi connectivity index (χ2v) is 8.64. The minimum atomic E-state index is -3.39. The van der Waals surface area contributed by atoms with Gasteiger partial charge in [0.1, 0.15) is 12.4 Å². The molecule has 146 valence electrons. The van der Waals surface area contributed by atoms with E-state index in [4.69, 9.17) is 16.3 Å². The van der Waals surface area contributed by atoms with Crippen molar-refractivity contribution in [1.29, 1.82) is 0 Å². The van der Waals surface area contributed by atoms with Gasteiger partial charge in [0.15, 0.2) is 0 Å². The van der Waals surface area contributed by atoms with E-state index < -0.39 is 10.0 Å². The predicted octanol–water partition coefficient (Wildman–Crippen LogP) is 3.98. The Balaban J connectivity index is 1.51. The number of hydrogen-bond donors (Lipinski definition) is 1. The summed E-state index contributed by atoms with van der Waals surface area (Å²) in [6.07, 6.45) is 2.15. The molecule has 1 heterocycles. The van der Waals surface area contributed by atoms with Gasteiger partial charge in [-0.1, -0.05) is 41.9 Å². The fourth-order valence-electron chi connectivity index (χ4n) is 2.55. The van der Waals surface area contributed by atoms with Crippen LogP contribution in [0, 0.1) is 0 Å². The highest BCUT2D eigenvalue weighted by molar-refractivity contribution is 7.89. The van der Waals surface area contributed by atoms with E-state index >= 15 is 0 Å². The van der Waals surface area contributed by atoms with Crippen LogP contribution in [-0.4, -0.2) is 19.2 Å². The fraction of sp³-hybridized carbons (Fsp3) is 0.190. The van der Waals surface area contributed by atoms with Crippen molar-refractivity contribution in [1.82, 2.24) is 9.71 Å². The Bertz CT molecular complexity index is 994. The van der Waals surface area contributed by atoms with Crippen molar-refractivity contribution >= 4 is 21.6 Å². The molecule has 5 nitrogen and oxygen atoms in total. The van der Waals surface area contributed by atoms with Crippen molar-refractivity contribution in [3.8, 4) is 5.75 Å². The Hall–Kier alpha value is -2.41. The highest BCUT2D eigenvalue weighted by Gasteiger charge is 2.11. The number of sulfonamides is 1. The number of pyridine rings is 1. The Morgan fingerprint density at radius 1 is 0.964 bits per heavy atom. The number of rotatable bonds is 9. The zero-order chi connectivity index (χ0) is 19.8. The molecular formula is C21H21ClN2O3S. The molecule has 0 amide bonds. The lowest BCUT2D eigenvalue weighted by atomic mass is 10.2. The minimum Gasteiger partial charge on any atom is -0.487 e. The van der Waals surface area contributed by atoms with Crippen LogP contribution in [-0.2, 0) is 29.6 Å². The van der Waals surface area contributed by atoms with E-state index in [2.05, 4.69) is 9.71 Å². The summed E-state index contributed by atoms with van der Waals surface area (Å²) in [6.45, 7) is 0.570. The maximum Gasteiger partial charge on any atom is 0.212 e. The third kappa shape index (κ3) is 6.64. The number of hydrogen-bond acceptors (Lipinski definition) is 4. The second kappa shape index (κ2) is 9.68. The lowest BCUT2D eigenvalue weighted by molar-refractivity contribution is 0.301. The zero-order valence-electron chi connectivity index (χ0n) is 15.2. The van der Waals surface area contributed by atoms with Crippen LogP contribution in [0.5, 0.6) is 5.75 Å². The van der Waals surface area contributed by atoms with Crippen molar-refractivity contribution in [3.05, 3.63) is 94.8 Å². The molecule has 2 aromatic carbocycles. The van der Waals surface area contributed by atoms with E-state index in [1.54, 1.807) is 18.3 Å². The lowest BCUT2D eigenvalue weighted by Crippen LogP contribution is -2.26. The maximum atomic E-state index is 12.3. The van der Waals surface area contributed by atoms with Crippen LogP contribution in [0.2, 0.25) is 5.02 Å². The normalized spacial score (nSPS) is 11.3. The topological polar surface area (TPSA) is 68.3 Å². The third-order valence-corrected chi connectivity index (χ3v) is 5.66. The van der Waals surface area contributed by atoms with E-state index in [9.17, 15) is 8.42 Å². The molecule has 0 aliphatic heterocycles. The first-order valence-electron chi connectivity index (χ1n) is 8.84. The lowest BCUT2D eigenvalue weighted by Gasteiger charge is -2.10. The molecule has 0 saturated heterocycles. The van der Waals surface area contributed by atoms with Gasteiger partial charge in [-0.2, -0.15) is 0 Å². The molecule has 0 saturated carbocycles. The van der Waals surface area contributed by atoms with Crippen molar-refractivity contribution in [2.45, 2.75) is 19.6 Å². The van der Waals surface area contributed by atoms with Gasteiger partial charge in [0.05, 0.1) is 11.4 Å². The van der Waals surface area contributed by atoms with E-state index in [0.717, 1.165) is 16.8 Å².